The lowest BCUT2D eigenvalue weighted by molar-refractivity contribution is -0.115. The predicted molar refractivity (Wildman–Crippen MR) is 85.9 cm³/mol. The molecule has 0 unspecified atom stereocenters. The number of nitrogens with one attached hydrogen (secondary N) is 1. The second kappa shape index (κ2) is 6.13. The van der Waals surface area contributed by atoms with E-state index in [1.165, 1.54) is 22.7 Å². The van der Waals surface area contributed by atoms with E-state index in [9.17, 15) is 4.79 Å². The third-order valence-electron chi connectivity index (χ3n) is 2.88. The molecular weight excluding hydrogens is 318 g/mol. The smallest absolute Gasteiger partial charge is 0.231 e. The van der Waals surface area contributed by atoms with Crippen molar-refractivity contribution in [3.05, 3.63) is 46.0 Å². The number of aryl methyl sites for hydroxylation is 1. The Bertz CT molecular complexity index is 854. The number of hydrogen-bond donors (Lipinski definition) is 1. The first-order valence-corrected chi connectivity index (χ1v) is 8.20. The topological polar surface area (TPSA) is 78.9 Å². The number of rotatable bonds is 4. The average molecular weight is 329 g/mol. The van der Waals surface area contributed by atoms with Gasteiger partial charge in [-0.25, -0.2) is 4.98 Å². The summed E-state index contributed by atoms with van der Waals surface area (Å²) in [6.45, 7) is 1.87. The molecule has 1 amide bonds. The van der Waals surface area contributed by atoms with Crippen molar-refractivity contribution in [2.24, 2.45) is 0 Å². The van der Waals surface area contributed by atoms with Crippen LogP contribution in [0.1, 0.15) is 17.0 Å². The van der Waals surface area contributed by atoms with Crippen molar-refractivity contribution in [2.45, 2.75) is 13.3 Å². The van der Waals surface area contributed by atoms with Gasteiger partial charge in [0.2, 0.25) is 5.91 Å². The van der Waals surface area contributed by atoms with Gasteiger partial charge < -0.3 is 9.73 Å². The molecule has 0 fully saturated rings. The van der Waals surface area contributed by atoms with Crippen LogP contribution in [-0.2, 0) is 11.2 Å². The van der Waals surface area contributed by atoms with Gasteiger partial charge in [-0.1, -0.05) is 0 Å². The highest BCUT2D eigenvalue weighted by atomic mass is 32.1. The van der Waals surface area contributed by atoms with Crippen molar-refractivity contribution in [1.82, 2.24) is 4.98 Å². The van der Waals surface area contributed by atoms with Gasteiger partial charge in [-0.15, -0.1) is 22.7 Å². The highest BCUT2D eigenvalue weighted by Crippen LogP contribution is 2.26. The summed E-state index contributed by atoms with van der Waals surface area (Å²) >= 11 is 2.77. The third kappa shape index (κ3) is 3.08. The Hall–Kier alpha value is -2.43. The zero-order valence-electron chi connectivity index (χ0n) is 11.6. The molecule has 0 aromatic carbocycles. The summed E-state index contributed by atoms with van der Waals surface area (Å²) in [7, 11) is 0. The second-order valence-corrected chi connectivity index (χ2v) is 6.33. The van der Waals surface area contributed by atoms with E-state index in [0.717, 1.165) is 10.8 Å². The molecule has 0 aliphatic heterocycles. The minimum Gasteiger partial charge on any atom is -0.459 e. The quantitative estimate of drug-likeness (QED) is 0.789. The number of carbonyl (C=O) groups excluding carboxylic acids is 1. The molecular formula is C15H11N3O2S2. The summed E-state index contributed by atoms with van der Waals surface area (Å²) in [6, 6.07) is 7.47. The predicted octanol–water partition coefficient (Wildman–Crippen LogP) is 3.83. The van der Waals surface area contributed by atoms with Crippen molar-refractivity contribution in [3.63, 3.8) is 0 Å². The van der Waals surface area contributed by atoms with Crippen LogP contribution in [-0.4, -0.2) is 10.9 Å². The van der Waals surface area contributed by atoms with Gasteiger partial charge in [-0.2, -0.15) is 5.26 Å². The Morgan fingerprint density at radius 1 is 1.41 bits per heavy atom. The largest absolute Gasteiger partial charge is 0.459 e. The zero-order valence-corrected chi connectivity index (χ0v) is 13.3. The summed E-state index contributed by atoms with van der Waals surface area (Å²) < 4.78 is 5.52. The maximum Gasteiger partial charge on any atom is 0.231 e. The van der Waals surface area contributed by atoms with Gasteiger partial charge in [0.05, 0.1) is 17.7 Å². The van der Waals surface area contributed by atoms with Crippen LogP contribution in [0.2, 0.25) is 0 Å². The number of amides is 1. The maximum absolute atomic E-state index is 12.0. The Kier molecular flexibility index (Phi) is 4.04. The van der Waals surface area contributed by atoms with E-state index < -0.39 is 0 Å². The molecule has 1 N–H and O–H groups in total. The highest BCUT2D eigenvalue weighted by Gasteiger charge is 2.13. The van der Waals surface area contributed by atoms with Crippen LogP contribution in [0.5, 0.6) is 0 Å². The van der Waals surface area contributed by atoms with Crippen molar-refractivity contribution in [3.8, 4) is 16.8 Å². The lowest BCUT2D eigenvalue weighted by Gasteiger charge is -2.01. The number of hydrogen-bond acceptors (Lipinski definition) is 6. The van der Waals surface area contributed by atoms with Gasteiger partial charge in [0, 0.05) is 5.38 Å². The minimum absolute atomic E-state index is 0.166. The molecule has 0 saturated heterocycles. The zero-order chi connectivity index (χ0) is 15.5. The Morgan fingerprint density at radius 3 is 3.00 bits per heavy atom. The first-order valence-electron chi connectivity index (χ1n) is 6.44. The number of nitrogens with zero attached hydrogens (tertiary/aromatic N) is 2. The fourth-order valence-electron chi connectivity index (χ4n) is 1.88. The van der Waals surface area contributed by atoms with E-state index in [1.54, 1.807) is 11.4 Å². The van der Waals surface area contributed by atoms with Crippen LogP contribution in [0.25, 0.3) is 10.8 Å². The first-order chi connectivity index (χ1) is 10.7. The number of thiophene rings is 1. The molecule has 3 aromatic rings. The van der Waals surface area contributed by atoms with E-state index in [1.807, 2.05) is 30.5 Å². The molecule has 0 radical (unpaired) electrons. The molecule has 0 aliphatic rings. The summed E-state index contributed by atoms with van der Waals surface area (Å²) in [5.41, 5.74) is 1.16. The summed E-state index contributed by atoms with van der Waals surface area (Å²) in [5, 5.41) is 16.6. The Labute approximate surface area is 134 Å². The minimum atomic E-state index is -0.188. The van der Waals surface area contributed by atoms with E-state index in [2.05, 4.69) is 10.3 Å². The molecule has 22 heavy (non-hydrogen) atoms. The van der Waals surface area contributed by atoms with E-state index in [-0.39, 0.29) is 12.3 Å². The van der Waals surface area contributed by atoms with Crippen LogP contribution in [0.3, 0.4) is 0 Å². The van der Waals surface area contributed by atoms with E-state index >= 15 is 0 Å². The van der Waals surface area contributed by atoms with Crippen molar-refractivity contribution < 1.29 is 9.21 Å². The average Bonchev–Trinajstić information content (AvgIpc) is 3.19. The normalized spacial score (nSPS) is 10.4. The first kappa shape index (κ1) is 14.5. The third-order valence-corrected chi connectivity index (χ3v) is 4.62. The van der Waals surface area contributed by atoms with Gasteiger partial charge in [-0.3, -0.25) is 4.79 Å². The molecule has 0 atom stereocenters. The Balaban J connectivity index is 1.68. The molecule has 7 heteroatoms. The number of nitriles is 1. The summed E-state index contributed by atoms with van der Waals surface area (Å²) in [4.78, 5) is 16.4. The van der Waals surface area contributed by atoms with Crippen LogP contribution >= 0.6 is 22.7 Å². The number of furan rings is 1. The van der Waals surface area contributed by atoms with Crippen molar-refractivity contribution in [2.75, 3.05) is 5.32 Å². The Morgan fingerprint density at radius 2 is 2.27 bits per heavy atom. The number of thiazole rings is 1. The molecule has 3 rings (SSSR count). The number of aromatic nitrogens is 1. The van der Waals surface area contributed by atoms with Crippen LogP contribution in [0, 0.1) is 18.3 Å². The van der Waals surface area contributed by atoms with Crippen molar-refractivity contribution >= 4 is 33.6 Å². The number of anilines is 1. The molecule has 3 heterocycles. The molecule has 0 saturated carbocycles. The lowest BCUT2D eigenvalue weighted by Crippen LogP contribution is -2.14. The highest BCUT2D eigenvalue weighted by molar-refractivity contribution is 7.14. The van der Waals surface area contributed by atoms with Gasteiger partial charge in [-0.05, 0) is 30.5 Å². The fourth-order valence-corrected chi connectivity index (χ4v) is 3.41. The summed E-state index contributed by atoms with van der Waals surface area (Å²) in [6.07, 6.45) is 0.166. The van der Waals surface area contributed by atoms with E-state index in [4.69, 9.17) is 9.68 Å². The standard InChI is InChI=1S/C15H11N3O2S2/c1-9-2-3-12(20-9)15-17-11(8-22-15)6-13(19)18-14-10(7-16)4-5-21-14/h2-5,8H,6H2,1H3,(H,18,19). The SMILES string of the molecule is Cc1ccc(-c2nc(CC(=O)Nc3sccc3C#N)cs2)o1. The molecule has 0 bridgehead atoms. The molecule has 0 spiro atoms. The fraction of sp³-hybridized carbons (Fsp3) is 0.133. The van der Waals surface area contributed by atoms with Crippen molar-refractivity contribution in [1.29, 1.82) is 5.26 Å². The molecule has 110 valence electrons. The molecule has 5 nitrogen and oxygen atoms in total. The molecule has 0 aliphatic carbocycles. The maximum atomic E-state index is 12.0. The molecule has 3 aromatic heterocycles. The monoisotopic (exact) mass is 329 g/mol. The van der Waals surface area contributed by atoms with Crippen LogP contribution in [0.4, 0.5) is 5.00 Å². The van der Waals surface area contributed by atoms with Crippen LogP contribution in [0.15, 0.2) is 33.4 Å². The summed E-state index contributed by atoms with van der Waals surface area (Å²) in [5.74, 6) is 1.34. The van der Waals surface area contributed by atoms with Gasteiger partial charge in [0.15, 0.2) is 10.8 Å². The van der Waals surface area contributed by atoms with Gasteiger partial charge in [0.1, 0.15) is 16.8 Å². The van der Waals surface area contributed by atoms with E-state index in [0.29, 0.717) is 22.0 Å². The van der Waals surface area contributed by atoms with Gasteiger partial charge in [0.25, 0.3) is 0 Å². The lowest BCUT2D eigenvalue weighted by atomic mass is 10.3. The second-order valence-electron chi connectivity index (χ2n) is 4.55. The number of carbonyl (C=O) groups is 1. The van der Waals surface area contributed by atoms with Gasteiger partial charge >= 0.3 is 0 Å². The van der Waals surface area contributed by atoms with Crippen LogP contribution < -0.4 is 5.32 Å².